The lowest BCUT2D eigenvalue weighted by Gasteiger charge is -2.30. The number of carbonyl (C=O) groups excluding carboxylic acids is 2. The number of aromatic nitrogens is 3. The first-order chi connectivity index (χ1) is 16.4. The number of ketones is 1. The second-order valence-corrected chi connectivity index (χ2v) is 9.71. The van der Waals surface area contributed by atoms with E-state index in [0.717, 1.165) is 22.3 Å². The van der Waals surface area contributed by atoms with Crippen LogP contribution in [-0.2, 0) is 14.3 Å². The van der Waals surface area contributed by atoms with E-state index >= 15 is 0 Å². The monoisotopic (exact) mass is 495 g/mol. The van der Waals surface area contributed by atoms with Crippen LogP contribution in [0.5, 0.6) is 0 Å². The molecule has 0 spiro atoms. The van der Waals surface area contributed by atoms with Gasteiger partial charge >= 0.3 is 5.97 Å². The van der Waals surface area contributed by atoms with E-state index in [1.807, 2.05) is 24.3 Å². The summed E-state index contributed by atoms with van der Waals surface area (Å²) in [6.45, 7) is 6.22. The van der Waals surface area contributed by atoms with Crippen LogP contribution in [0.2, 0.25) is 5.02 Å². The quantitative estimate of drug-likeness (QED) is 0.336. The van der Waals surface area contributed by atoms with Crippen molar-refractivity contribution in [1.82, 2.24) is 15.2 Å². The number of nitrogens with zero attached hydrogens (tertiary/aromatic N) is 2. The van der Waals surface area contributed by atoms with Crippen LogP contribution in [0, 0.1) is 13.8 Å². The molecule has 0 radical (unpaired) electrons. The van der Waals surface area contributed by atoms with Gasteiger partial charge in [-0.25, -0.2) is 4.98 Å². The number of H-pyrrole nitrogens is 1. The Morgan fingerprint density at radius 2 is 1.97 bits per heavy atom. The smallest absolute Gasteiger partial charge is 0.316 e. The summed E-state index contributed by atoms with van der Waals surface area (Å²) >= 11 is 7.31. The summed E-state index contributed by atoms with van der Waals surface area (Å²) in [5.74, 6) is -0.401. The molecular formula is C26H26ClN3O3S. The van der Waals surface area contributed by atoms with Crippen molar-refractivity contribution in [2.24, 2.45) is 0 Å². The van der Waals surface area contributed by atoms with Crippen LogP contribution in [0.4, 0.5) is 0 Å². The zero-order valence-corrected chi connectivity index (χ0v) is 20.9. The molecule has 176 valence electrons. The molecule has 0 bridgehead atoms. The normalized spacial score (nSPS) is 18.0. The molecule has 34 heavy (non-hydrogen) atoms. The number of ether oxygens (including phenoxy) is 1. The SMILES string of the molecule is CCOC(=O)CSc1n[nH]c(C2C(=O)C=C(c3ccc(C)cc3C)CC2c2ccc(Cl)cc2)n1. The molecule has 0 saturated carbocycles. The van der Waals surface area contributed by atoms with Gasteiger partial charge < -0.3 is 4.74 Å². The lowest BCUT2D eigenvalue weighted by Crippen LogP contribution is -2.25. The molecule has 0 aliphatic heterocycles. The van der Waals surface area contributed by atoms with Gasteiger partial charge in [-0.15, -0.1) is 5.10 Å². The second-order valence-electron chi connectivity index (χ2n) is 8.33. The fourth-order valence-corrected chi connectivity index (χ4v) is 5.10. The van der Waals surface area contributed by atoms with E-state index in [9.17, 15) is 9.59 Å². The number of aromatic amines is 1. The molecule has 0 amide bonds. The highest BCUT2D eigenvalue weighted by molar-refractivity contribution is 7.99. The van der Waals surface area contributed by atoms with Crippen molar-refractivity contribution in [1.29, 1.82) is 0 Å². The minimum Gasteiger partial charge on any atom is -0.465 e. The van der Waals surface area contributed by atoms with E-state index in [4.69, 9.17) is 16.3 Å². The number of benzene rings is 2. The maximum Gasteiger partial charge on any atom is 0.316 e. The summed E-state index contributed by atoms with van der Waals surface area (Å²) in [6, 6.07) is 13.9. The lowest BCUT2D eigenvalue weighted by molar-refractivity contribution is -0.139. The molecule has 1 heterocycles. The number of esters is 1. The molecular weight excluding hydrogens is 470 g/mol. The first kappa shape index (κ1) is 24.2. The number of hydrogen-bond acceptors (Lipinski definition) is 6. The Morgan fingerprint density at radius 1 is 1.21 bits per heavy atom. The molecule has 1 aromatic heterocycles. The van der Waals surface area contributed by atoms with Crippen molar-refractivity contribution >= 4 is 40.7 Å². The summed E-state index contributed by atoms with van der Waals surface area (Å²) in [5, 5.41) is 8.22. The third-order valence-corrected chi connectivity index (χ3v) is 6.97. The van der Waals surface area contributed by atoms with Crippen LogP contribution < -0.4 is 0 Å². The first-order valence-electron chi connectivity index (χ1n) is 11.1. The topological polar surface area (TPSA) is 84.9 Å². The maximum absolute atomic E-state index is 13.5. The number of nitrogens with one attached hydrogen (secondary N) is 1. The molecule has 2 atom stereocenters. The van der Waals surface area contributed by atoms with Crippen molar-refractivity contribution < 1.29 is 14.3 Å². The number of aryl methyl sites for hydroxylation is 2. The Morgan fingerprint density at radius 3 is 2.68 bits per heavy atom. The van der Waals surface area contributed by atoms with Gasteiger partial charge in [0.1, 0.15) is 5.82 Å². The number of allylic oxidation sites excluding steroid dienone is 2. The van der Waals surface area contributed by atoms with E-state index < -0.39 is 5.92 Å². The first-order valence-corrected chi connectivity index (χ1v) is 12.5. The predicted molar refractivity (Wildman–Crippen MR) is 134 cm³/mol. The molecule has 8 heteroatoms. The van der Waals surface area contributed by atoms with E-state index in [1.54, 1.807) is 13.0 Å². The largest absolute Gasteiger partial charge is 0.465 e. The van der Waals surface area contributed by atoms with E-state index in [2.05, 4.69) is 47.2 Å². The van der Waals surface area contributed by atoms with Crippen molar-refractivity contribution in [3.63, 3.8) is 0 Å². The molecule has 2 aromatic carbocycles. The van der Waals surface area contributed by atoms with Gasteiger partial charge in [-0.05, 0) is 67.7 Å². The summed E-state index contributed by atoms with van der Waals surface area (Å²) in [7, 11) is 0. The van der Waals surface area contributed by atoms with Crippen LogP contribution in [-0.4, -0.2) is 39.3 Å². The van der Waals surface area contributed by atoms with Crippen LogP contribution >= 0.6 is 23.4 Å². The Balaban J connectivity index is 1.67. The van der Waals surface area contributed by atoms with Crippen LogP contribution in [0.3, 0.4) is 0 Å². The second kappa shape index (κ2) is 10.6. The van der Waals surface area contributed by atoms with Gasteiger partial charge in [0.15, 0.2) is 5.78 Å². The van der Waals surface area contributed by atoms with E-state index in [0.29, 0.717) is 29.0 Å². The Kier molecular flexibility index (Phi) is 7.54. The van der Waals surface area contributed by atoms with Crippen molar-refractivity contribution in [2.45, 2.75) is 44.2 Å². The van der Waals surface area contributed by atoms with E-state index in [1.165, 1.54) is 17.3 Å². The molecule has 0 saturated heterocycles. The Labute approximate surface area is 208 Å². The summed E-state index contributed by atoms with van der Waals surface area (Å²) in [6.07, 6.45) is 2.41. The molecule has 6 nitrogen and oxygen atoms in total. The third-order valence-electron chi connectivity index (χ3n) is 5.89. The summed E-state index contributed by atoms with van der Waals surface area (Å²) < 4.78 is 4.96. The van der Waals surface area contributed by atoms with Gasteiger partial charge in [-0.3, -0.25) is 14.7 Å². The number of hydrogen-bond donors (Lipinski definition) is 1. The fraction of sp³-hybridized carbons (Fsp3) is 0.308. The van der Waals surface area contributed by atoms with Gasteiger partial charge in [-0.2, -0.15) is 0 Å². The average Bonchev–Trinajstić information content (AvgIpc) is 3.26. The molecule has 1 aliphatic rings. The third kappa shape index (κ3) is 5.42. The van der Waals surface area contributed by atoms with Crippen LogP contribution in [0.1, 0.15) is 53.3 Å². The van der Waals surface area contributed by atoms with Crippen LogP contribution in [0.15, 0.2) is 53.7 Å². The maximum atomic E-state index is 13.5. The molecule has 2 unspecified atom stereocenters. The molecule has 4 rings (SSSR count). The molecule has 1 N–H and O–H groups in total. The van der Waals surface area contributed by atoms with Gasteiger partial charge in [-0.1, -0.05) is 59.3 Å². The van der Waals surface area contributed by atoms with Crippen LogP contribution in [0.25, 0.3) is 5.57 Å². The van der Waals surface area contributed by atoms with Gasteiger partial charge in [0.05, 0.1) is 18.3 Å². The number of halogens is 1. The summed E-state index contributed by atoms with van der Waals surface area (Å²) in [5.41, 5.74) is 5.43. The predicted octanol–water partition coefficient (Wildman–Crippen LogP) is 5.65. The molecule has 3 aromatic rings. The van der Waals surface area contributed by atoms with E-state index in [-0.39, 0.29) is 23.4 Å². The zero-order valence-electron chi connectivity index (χ0n) is 19.3. The Bertz CT molecular complexity index is 1240. The van der Waals surface area contributed by atoms with Crippen molar-refractivity contribution in [3.8, 4) is 0 Å². The standard InChI is InChI=1S/C26H26ClN3O3S/c1-4-33-23(32)14-34-26-28-25(29-30-26)24-21(17-6-8-19(27)9-7-17)12-18(13-22(24)31)20-10-5-15(2)11-16(20)3/h5-11,13,21,24H,4,12,14H2,1-3H3,(H,28,29,30). The van der Waals surface area contributed by atoms with Crippen molar-refractivity contribution in [3.05, 3.63) is 81.6 Å². The minimum absolute atomic E-state index is 0.0285. The molecule has 0 fully saturated rings. The zero-order chi connectivity index (χ0) is 24.2. The lowest BCUT2D eigenvalue weighted by atomic mass is 9.73. The fourth-order valence-electron chi connectivity index (χ4n) is 4.37. The minimum atomic E-state index is -0.514. The number of rotatable bonds is 7. The highest BCUT2D eigenvalue weighted by atomic mass is 35.5. The van der Waals surface area contributed by atoms with Gasteiger partial charge in [0.2, 0.25) is 5.16 Å². The highest BCUT2D eigenvalue weighted by Crippen LogP contribution is 2.44. The number of thioether (sulfide) groups is 1. The van der Waals surface area contributed by atoms with Gasteiger partial charge in [0, 0.05) is 10.9 Å². The highest BCUT2D eigenvalue weighted by Gasteiger charge is 2.37. The van der Waals surface area contributed by atoms with Crippen molar-refractivity contribution in [2.75, 3.05) is 12.4 Å². The average molecular weight is 496 g/mol. The molecule has 1 aliphatic carbocycles. The summed E-state index contributed by atoms with van der Waals surface area (Å²) in [4.78, 5) is 29.7. The number of carbonyl (C=O) groups is 2. The van der Waals surface area contributed by atoms with Gasteiger partial charge in [0.25, 0.3) is 0 Å². The Hall–Kier alpha value is -2.90.